The number of hydrogen-bond donors (Lipinski definition) is 1. The van der Waals surface area contributed by atoms with Gasteiger partial charge in [0.2, 0.25) is 0 Å². The maximum Gasteiger partial charge on any atom is 0.261 e. The molecule has 78 valence electrons. The minimum Gasteiger partial charge on any atom is -0.351 e. The third-order valence-electron chi connectivity index (χ3n) is 1.81. The van der Waals surface area contributed by atoms with E-state index < -0.39 is 0 Å². The Hall–Kier alpha value is -0.350. The van der Waals surface area contributed by atoms with Gasteiger partial charge < -0.3 is 5.32 Å². The Bertz CT molecular complexity index is 272. The van der Waals surface area contributed by atoms with Crippen LogP contribution in [0.1, 0.15) is 29.4 Å². The van der Waals surface area contributed by atoms with Crippen LogP contribution in [0.3, 0.4) is 0 Å². The molecule has 0 aromatic carbocycles. The summed E-state index contributed by atoms with van der Waals surface area (Å²) in [5, 5.41) is 4.80. The molecular formula is C10H14BrNOS. The van der Waals surface area contributed by atoms with Gasteiger partial charge in [0.15, 0.2) is 0 Å². The minimum absolute atomic E-state index is 0.0437. The Morgan fingerprint density at radius 3 is 3.07 bits per heavy atom. The fourth-order valence-electron chi connectivity index (χ4n) is 1.08. The van der Waals surface area contributed by atoms with Crippen LogP contribution < -0.4 is 5.32 Å². The Balaban J connectivity index is 2.16. The van der Waals surface area contributed by atoms with Crippen molar-refractivity contribution in [3.05, 3.63) is 22.4 Å². The van der Waals surface area contributed by atoms with Crippen LogP contribution in [0.2, 0.25) is 0 Å². The van der Waals surface area contributed by atoms with E-state index in [1.807, 2.05) is 17.5 Å². The fraction of sp³-hybridized carbons (Fsp3) is 0.500. The standard InChI is InChI=1S/C10H14BrNOS/c1-8(11)4-2-6-12-10(13)9-5-3-7-14-9/h3,5,7-8H,2,4,6H2,1H3,(H,12,13). The van der Waals surface area contributed by atoms with Crippen molar-refractivity contribution in [2.24, 2.45) is 0 Å². The number of carbonyl (C=O) groups excluding carboxylic acids is 1. The number of alkyl halides is 1. The SMILES string of the molecule is CC(Br)CCCNC(=O)c1cccs1. The van der Waals surface area contributed by atoms with Crippen LogP contribution >= 0.6 is 27.3 Å². The van der Waals surface area contributed by atoms with E-state index in [1.165, 1.54) is 11.3 Å². The van der Waals surface area contributed by atoms with Crippen LogP contribution in [0.4, 0.5) is 0 Å². The number of thiophene rings is 1. The highest BCUT2D eigenvalue weighted by Gasteiger charge is 2.04. The van der Waals surface area contributed by atoms with Crippen LogP contribution in [0.15, 0.2) is 17.5 Å². The molecule has 1 atom stereocenters. The first-order valence-corrected chi connectivity index (χ1v) is 6.45. The molecule has 0 bridgehead atoms. The maximum atomic E-state index is 11.4. The Kier molecular flexibility index (Phi) is 5.19. The summed E-state index contributed by atoms with van der Waals surface area (Å²) >= 11 is 4.94. The molecule has 1 rings (SSSR count). The van der Waals surface area contributed by atoms with Gasteiger partial charge in [-0.05, 0) is 24.3 Å². The highest BCUT2D eigenvalue weighted by molar-refractivity contribution is 9.09. The second-order valence-electron chi connectivity index (χ2n) is 3.16. The topological polar surface area (TPSA) is 29.1 Å². The summed E-state index contributed by atoms with van der Waals surface area (Å²) in [6.45, 7) is 2.87. The third-order valence-corrected chi connectivity index (χ3v) is 3.14. The molecule has 0 saturated heterocycles. The molecule has 14 heavy (non-hydrogen) atoms. The van der Waals surface area contributed by atoms with Crippen LogP contribution in [-0.2, 0) is 0 Å². The second kappa shape index (κ2) is 6.19. The number of halogens is 1. The molecule has 0 radical (unpaired) electrons. The molecule has 4 heteroatoms. The van der Waals surface area contributed by atoms with E-state index in [9.17, 15) is 4.79 Å². The lowest BCUT2D eigenvalue weighted by atomic mass is 10.2. The van der Waals surface area contributed by atoms with Gasteiger partial charge in [0, 0.05) is 11.4 Å². The molecule has 0 spiro atoms. The van der Waals surface area contributed by atoms with Crippen LogP contribution in [-0.4, -0.2) is 17.3 Å². The van der Waals surface area contributed by atoms with Crippen molar-refractivity contribution in [2.45, 2.75) is 24.6 Å². The molecule has 0 saturated carbocycles. The maximum absolute atomic E-state index is 11.4. The first kappa shape index (κ1) is 11.7. The lowest BCUT2D eigenvalue weighted by Gasteiger charge is -2.04. The van der Waals surface area contributed by atoms with Gasteiger partial charge in [-0.2, -0.15) is 0 Å². The van der Waals surface area contributed by atoms with E-state index in [2.05, 4.69) is 28.2 Å². The van der Waals surface area contributed by atoms with E-state index in [1.54, 1.807) is 0 Å². The van der Waals surface area contributed by atoms with Gasteiger partial charge in [-0.3, -0.25) is 4.79 Å². The zero-order valence-corrected chi connectivity index (χ0v) is 10.5. The number of nitrogens with one attached hydrogen (secondary N) is 1. The normalized spacial score (nSPS) is 12.4. The summed E-state index contributed by atoms with van der Waals surface area (Å²) in [4.78, 5) is 12.8. The van der Waals surface area contributed by atoms with Crippen molar-refractivity contribution in [1.82, 2.24) is 5.32 Å². The summed E-state index contributed by atoms with van der Waals surface area (Å²) in [5.74, 6) is 0.0437. The Morgan fingerprint density at radius 1 is 1.71 bits per heavy atom. The summed E-state index contributed by atoms with van der Waals surface area (Å²) in [6, 6.07) is 3.73. The zero-order chi connectivity index (χ0) is 10.4. The van der Waals surface area contributed by atoms with E-state index in [0.29, 0.717) is 4.83 Å². The van der Waals surface area contributed by atoms with E-state index >= 15 is 0 Å². The fourth-order valence-corrected chi connectivity index (χ4v) is 2.04. The van der Waals surface area contributed by atoms with Gasteiger partial charge in [0.1, 0.15) is 0 Å². The quantitative estimate of drug-likeness (QED) is 0.650. The van der Waals surface area contributed by atoms with Crippen molar-refractivity contribution in [3.63, 3.8) is 0 Å². The largest absolute Gasteiger partial charge is 0.351 e. The summed E-state index contributed by atoms with van der Waals surface area (Å²) in [7, 11) is 0. The summed E-state index contributed by atoms with van der Waals surface area (Å²) in [6.07, 6.45) is 2.11. The van der Waals surface area contributed by atoms with Gasteiger partial charge in [0.05, 0.1) is 4.88 Å². The highest BCUT2D eigenvalue weighted by atomic mass is 79.9. The predicted octanol–water partition coefficient (Wildman–Crippen LogP) is 3.04. The minimum atomic E-state index is 0.0437. The van der Waals surface area contributed by atoms with Gasteiger partial charge >= 0.3 is 0 Å². The highest BCUT2D eigenvalue weighted by Crippen LogP contribution is 2.08. The lowest BCUT2D eigenvalue weighted by molar-refractivity contribution is 0.0957. The van der Waals surface area contributed by atoms with Gasteiger partial charge in [-0.1, -0.05) is 28.9 Å². The number of rotatable bonds is 5. The molecule has 0 fully saturated rings. The Morgan fingerprint density at radius 2 is 2.50 bits per heavy atom. The molecule has 0 aliphatic heterocycles. The smallest absolute Gasteiger partial charge is 0.261 e. The third kappa shape index (κ3) is 4.24. The second-order valence-corrected chi connectivity index (χ2v) is 5.67. The van der Waals surface area contributed by atoms with E-state index in [4.69, 9.17) is 0 Å². The summed E-state index contributed by atoms with van der Waals surface area (Å²) < 4.78 is 0. The van der Waals surface area contributed by atoms with Crippen molar-refractivity contribution < 1.29 is 4.79 Å². The van der Waals surface area contributed by atoms with Gasteiger partial charge in [0.25, 0.3) is 5.91 Å². The van der Waals surface area contributed by atoms with E-state index in [0.717, 1.165) is 24.3 Å². The monoisotopic (exact) mass is 275 g/mol. The van der Waals surface area contributed by atoms with Crippen molar-refractivity contribution in [1.29, 1.82) is 0 Å². The predicted molar refractivity (Wildman–Crippen MR) is 64.3 cm³/mol. The molecule has 2 nitrogen and oxygen atoms in total. The number of amides is 1. The first-order valence-electron chi connectivity index (χ1n) is 4.66. The Labute approximate surface area is 96.8 Å². The molecular weight excluding hydrogens is 262 g/mol. The molecule has 0 aliphatic rings. The molecule has 1 aromatic rings. The van der Waals surface area contributed by atoms with E-state index in [-0.39, 0.29) is 5.91 Å². The molecule has 1 unspecified atom stereocenters. The van der Waals surface area contributed by atoms with Crippen LogP contribution in [0.5, 0.6) is 0 Å². The van der Waals surface area contributed by atoms with Gasteiger partial charge in [-0.15, -0.1) is 11.3 Å². The molecule has 1 aromatic heterocycles. The molecule has 0 aliphatic carbocycles. The molecule has 1 amide bonds. The van der Waals surface area contributed by atoms with Gasteiger partial charge in [-0.25, -0.2) is 0 Å². The summed E-state index contributed by atoms with van der Waals surface area (Å²) in [5.41, 5.74) is 0. The van der Waals surface area contributed by atoms with Crippen molar-refractivity contribution in [2.75, 3.05) is 6.54 Å². The van der Waals surface area contributed by atoms with Crippen molar-refractivity contribution >= 4 is 33.2 Å². The van der Waals surface area contributed by atoms with Crippen LogP contribution in [0.25, 0.3) is 0 Å². The van der Waals surface area contributed by atoms with Crippen LogP contribution in [0, 0.1) is 0 Å². The first-order chi connectivity index (χ1) is 6.70. The van der Waals surface area contributed by atoms with Crippen molar-refractivity contribution in [3.8, 4) is 0 Å². The zero-order valence-electron chi connectivity index (χ0n) is 8.13. The number of hydrogen-bond acceptors (Lipinski definition) is 2. The average Bonchev–Trinajstić information content (AvgIpc) is 2.64. The average molecular weight is 276 g/mol. The molecule has 1 heterocycles. The number of carbonyl (C=O) groups is 1. The lowest BCUT2D eigenvalue weighted by Crippen LogP contribution is -2.23. The molecule has 1 N–H and O–H groups in total.